The lowest BCUT2D eigenvalue weighted by atomic mass is 9.96. The van der Waals surface area contributed by atoms with Crippen LogP contribution in [0.1, 0.15) is 83.5 Å². The fourth-order valence-corrected chi connectivity index (χ4v) is 2.83. The standard InChI is InChI=1S/C23H37NO5/c1-7-10-11-14-23(5,28-15-8-2)22(26)24-18-12-13-20(29-17(4)9-3)19(16-18)21(25)27-6/h12-13,16-17H,7-11,14-15H2,1-6H3,(H,24,26). The molecule has 0 saturated heterocycles. The van der Waals surface area contributed by atoms with Crippen molar-refractivity contribution in [3.05, 3.63) is 23.8 Å². The fourth-order valence-electron chi connectivity index (χ4n) is 2.83. The van der Waals surface area contributed by atoms with Gasteiger partial charge in [0.1, 0.15) is 16.9 Å². The maximum absolute atomic E-state index is 13.0. The van der Waals surface area contributed by atoms with E-state index in [1.165, 1.54) is 7.11 Å². The topological polar surface area (TPSA) is 73.9 Å². The Balaban J connectivity index is 3.06. The van der Waals surface area contributed by atoms with Crippen molar-refractivity contribution in [1.29, 1.82) is 0 Å². The first-order chi connectivity index (χ1) is 13.8. The van der Waals surface area contributed by atoms with Gasteiger partial charge in [-0.15, -0.1) is 0 Å². The quantitative estimate of drug-likeness (QED) is 0.352. The molecule has 0 aromatic heterocycles. The molecule has 29 heavy (non-hydrogen) atoms. The molecule has 2 unspecified atom stereocenters. The lowest BCUT2D eigenvalue weighted by Crippen LogP contribution is -2.43. The minimum Gasteiger partial charge on any atom is -0.490 e. The van der Waals surface area contributed by atoms with Crippen LogP contribution in [0.25, 0.3) is 0 Å². The number of nitrogens with one attached hydrogen (secondary N) is 1. The van der Waals surface area contributed by atoms with Gasteiger partial charge >= 0.3 is 5.97 Å². The molecule has 1 amide bonds. The Morgan fingerprint density at radius 1 is 1.14 bits per heavy atom. The van der Waals surface area contributed by atoms with Gasteiger partial charge in [0.2, 0.25) is 0 Å². The Morgan fingerprint density at radius 2 is 1.86 bits per heavy atom. The Bertz CT molecular complexity index is 661. The predicted octanol–water partition coefficient (Wildman–Crippen LogP) is 5.35. The molecule has 1 N–H and O–H groups in total. The lowest BCUT2D eigenvalue weighted by Gasteiger charge is -2.29. The van der Waals surface area contributed by atoms with Crippen LogP contribution in [0.5, 0.6) is 5.75 Å². The minimum absolute atomic E-state index is 0.0388. The van der Waals surface area contributed by atoms with Gasteiger partial charge in [0, 0.05) is 12.3 Å². The van der Waals surface area contributed by atoms with Gasteiger partial charge < -0.3 is 19.5 Å². The van der Waals surface area contributed by atoms with Crippen LogP contribution in [0.3, 0.4) is 0 Å². The third-order valence-corrected chi connectivity index (χ3v) is 4.91. The molecule has 0 aliphatic rings. The summed E-state index contributed by atoms with van der Waals surface area (Å²) in [5.41, 5.74) is -0.121. The summed E-state index contributed by atoms with van der Waals surface area (Å²) in [5.74, 6) is -0.280. The summed E-state index contributed by atoms with van der Waals surface area (Å²) in [5, 5.41) is 2.90. The number of hydrogen-bond donors (Lipinski definition) is 1. The minimum atomic E-state index is -0.914. The molecule has 0 fully saturated rings. The van der Waals surface area contributed by atoms with E-state index in [0.717, 1.165) is 32.1 Å². The zero-order valence-corrected chi connectivity index (χ0v) is 18.8. The van der Waals surface area contributed by atoms with Crippen molar-refractivity contribution >= 4 is 17.6 Å². The number of carbonyl (C=O) groups excluding carboxylic acids is 2. The van der Waals surface area contributed by atoms with E-state index >= 15 is 0 Å². The first-order valence-electron chi connectivity index (χ1n) is 10.7. The van der Waals surface area contributed by atoms with E-state index in [-0.39, 0.29) is 17.6 Å². The second kappa shape index (κ2) is 12.5. The van der Waals surface area contributed by atoms with Crippen molar-refractivity contribution in [2.75, 3.05) is 19.0 Å². The molecule has 0 bridgehead atoms. The van der Waals surface area contributed by atoms with Gasteiger partial charge in [-0.05, 0) is 51.3 Å². The van der Waals surface area contributed by atoms with E-state index in [1.807, 2.05) is 27.7 Å². The van der Waals surface area contributed by atoms with Crippen molar-refractivity contribution in [1.82, 2.24) is 0 Å². The number of rotatable bonds is 13. The van der Waals surface area contributed by atoms with Gasteiger partial charge in [0.15, 0.2) is 0 Å². The summed E-state index contributed by atoms with van der Waals surface area (Å²) in [7, 11) is 1.32. The smallest absolute Gasteiger partial charge is 0.341 e. The molecule has 1 aromatic rings. The molecule has 1 aromatic carbocycles. The molecular weight excluding hydrogens is 370 g/mol. The normalized spacial score (nSPS) is 14.0. The molecule has 0 aliphatic carbocycles. The highest BCUT2D eigenvalue weighted by Gasteiger charge is 2.33. The number of ether oxygens (including phenoxy) is 3. The van der Waals surface area contributed by atoms with Crippen LogP contribution in [0, 0.1) is 0 Å². The fraction of sp³-hybridized carbons (Fsp3) is 0.652. The number of esters is 1. The monoisotopic (exact) mass is 407 g/mol. The summed E-state index contributed by atoms with van der Waals surface area (Å²) in [6, 6.07) is 5.01. The highest BCUT2D eigenvalue weighted by atomic mass is 16.5. The highest BCUT2D eigenvalue weighted by molar-refractivity contribution is 5.99. The number of carbonyl (C=O) groups is 2. The predicted molar refractivity (Wildman–Crippen MR) is 116 cm³/mol. The van der Waals surface area contributed by atoms with Gasteiger partial charge in [-0.2, -0.15) is 0 Å². The molecule has 0 spiro atoms. The third kappa shape index (κ3) is 7.69. The molecule has 6 heteroatoms. The third-order valence-electron chi connectivity index (χ3n) is 4.91. The molecular formula is C23H37NO5. The number of anilines is 1. The summed E-state index contributed by atoms with van der Waals surface area (Å²) in [4.78, 5) is 25.2. The Morgan fingerprint density at radius 3 is 2.45 bits per heavy atom. The number of amides is 1. The number of hydrogen-bond acceptors (Lipinski definition) is 5. The van der Waals surface area contributed by atoms with Gasteiger partial charge in [-0.25, -0.2) is 4.79 Å². The maximum atomic E-state index is 13.0. The second-order valence-electron chi connectivity index (χ2n) is 7.53. The molecule has 0 saturated carbocycles. The summed E-state index contributed by atoms with van der Waals surface area (Å²) in [6.07, 6.45) is 5.29. The van der Waals surface area contributed by atoms with E-state index in [4.69, 9.17) is 14.2 Å². The van der Waals surface area contributed by atoms with Crippen molar-refractivity contribution in [3.8, 4) is 5.75 Å². The zero-order valence-electron chi connectivity index (χ0n) is 18.8. The molecule has 0 radical (unpaired) electrons. The SMILES string of the molecule is CCCCCC(C)(OCCC)C(=O)Nc1ccc(OC(C)CC)c(C(=O)OC)c1. The van der Waals surface area contributed by atoms with Gasteiger partial charge in [0.25, 0.3) is 5.91 Å². The average Bonchev–Trinajstić information content (AvgIpc) is 2.72. The zero-order chi connectivity index (χ0) is 21.9. The van der Waals surface area contributed by atoms with Crippen molar-refractivity contribution < 1.29 is 23.8 Å². The van der Waals surface area contributed by atoms with E-state index in [1.54, 1.807) is 18.2 Å². The summed E-state index contributed by atoms with van der Waals surface area (Å²) in [6.45, 7) is 10.4. The maximum Gasteiger partial charge on any atom is 0.341 e. The molecule has 164 valence electrons. The summed E-state index contributed by atoms with van der Waals surface area (Å²) >= 11 is 0. The first-order valence-corrected chi connectivity index (χ1v) is 10.7. The molecule has 0 aliphatic heterocycles. The number of unbranched alkanes of at least 4 members (excludes halogenated alkanes) is 2. The van der Waals surface area contributed by atoms with Crippen molar-refractivity contribution in [2.45, 2.75) is 84.8 Å². The molecule has 2 atom stereocenters. The molecule has 0 heterocycles. The van der Waals surface area contributed by atoms with Crippen LogP contribution in [0.2, 0.25) is 0 Å². The van der Waals surface area contributed by atoms with Gasteiger partial charge in [-0.1, -0.05) is 40.0 Å². The van der Waals surface area contributed by atoms with Gasteiger partial charge in [0.05, 0.1) is 13.2 Å². The average molecular weight is 408 g/mol. The van der Waals surface area contributed by atoms with Crippen LogP contribution in [-0.4, -0.2) is 37.3 Å². The van der Waals surface area contributed by atoms with Gasteiger partial charge in [-0.3, -0.25) is 4.79 Å². The van der Waals surface area contributed by atoms with E-state index < -0.39 is 11.6 Å². The second-order valence-corrected chi connectivity index (χ2v) is 7.53. The van der Waals surface area contributed by atoms with Crippen molar-refractivity contribution in [3.63, 3.8) is 0 Å². The molecule has 6 nitrogen and oxygen atoms in total. The van der Waals surface area contributed by atoms with Crippen LogP contribution in [-0.2, 0) is 14.3 Å². The lowest BCUT2D eigenvalue weighted by molar-refractivity contribution is -0.140. The van der Waals surface area contributed by atoms with Crippen LogP contribution >= 0.6 is 0 Å². The van der Waals surface area contributed by atoms with E-state index in [0.29, 0.717) is 24.5 Å². The molecule has 1 rings (SSSR count). The Kier molecular flexibility index (Phi) is 10.7. The van der Waals surface area contributed by atoms with E-state index in [2.05, 4.69) is 12.2 Å². The largest absolute Gasteiger partial charge is 0.490 e. The van der Waals surface area contributed by atoms with E-state index in [9.17, 15) is 9.59 Å². The van der Waals surface area contributed by atoms with Crippen LogP contribution < -0.4 is 10.1 Å². The van der Waals surface area contributed by atoms with Crippen LogP contribution in [0.15, 0.2) is 18.2 Å². The summed E-state index contributed by atoms with van der Waals surface area (Å²) < 4.78 is 16.6. The first kappa shape index (κ1) is 25.0. The number of methoxy groups -OCH3 is 1. The highest BCUT2D eigenvalue weighted by Crippen LogP contribution is 2.27. The number of benzene rings is 1. The van der Waals surface area contributed by atoms with Crippen LogP contribution in [0.4, 0.5) is 5.69 Å². The Labute approximate surface area is 175 Å². The van der Waals surface area contributed by atoms with Crippen molar-refractivity contribution in [2.24, 2.45) is 0 Å². The Hall–Kier alpha value is -2.08.